The number of rotatable bonds is 4. The third-order valence-electron chi connectivity index (χ3n) is 4.69. The van der Waals surface area contributed by atoms with Crippen LogP contribution in [0.5, 0.6) is 0 Å². The summed E-state index contributed by atoms with van der Waals surface area (Å²) < 4.78 is 5.62. The summed E-state index contributed by atoms with van der Waals surface area (Å²) in [4.78, 5) is 17.2. The minimum atomic E-state index is 0.213. The van der Waals surface area contributed by atoms with E-state index >= 15 is 0 Å². The molecule has 0 N–H and O–H groups in total. The van der Waals surface area contributed by atoms with Crippen LogP contribution in [0.15, 0.2) is 24.3 Å². The van der Waals surface area contributed by atoms with Gasteiger partial charge in [0.05, 0.1) is 25.7 Å². The Bertz CT molecular complexity index is 494. The molecule has 22 heavy (non-hydrogen) atoms. The van der Waals surface area contributed by atoms with Gasteiger partial charge in [-0.15, -0.1) is 0 Å². The Morgan fingerprint density at radius 1 is 1.18 bits per heavy atom. The quantitative estimate of drug-likeness (QED) is 0.851. The highest BCUT2D eigenvalue weighted by Gasteiger charge is 2.29. The number of ether oxygens (including phenoxy) is 1. The van der Waals surface area contributed by atoms with Gasteiger partial charge in [0.15, 0.2) is 0 Å². The maximum absolute atomic E-state index is 12.7. The van der Waals surface area contributed by atoms with Crippen LogP contribution in [0, 0.1) is 6.92 Å². The molecule has 120 valence electrons. The van der Waals surface area contributed by atoms with Crippen LogP contribution in [0.1, 0.15) is 24.0 Å². The van der Waals surface area contributed by atoms with Gasteiger partial charge in [-0.3, -0.25) is 4.79 Å². The Morgan fingerprint density at radius 2 is 1.91 bits per heavy atom. The first-order valence-corrected chi connectivity index (χ1v) is 8.37. The number of hydrogen-bond donors (Lipinski definition) is 0. The Balaban J connectivity index is 1.61. The summed E-state index contributed by atoms with van der Waals surface area (Å²) in [6.45, 7) is 7.42. The molecule has 0 saturated carbocycles. The summed E-state index contributed by atoms with van der Waals surface area (Å²) in [5.41, 5.74) is 2.33. The second-order valence-electron chi connectivity index (χ2n) is 6.49. The van der Waals surface area contributed by atoms with Gasteiger partial charge < -0.3 is 14.5 Å². The van der Waals surface area contributed by atoms with Crippen LogP contribution in [0.2, 0.25) is 0 Å². The van der Waals surface area contributed by atoms with Crippen molar-refractivity contribution in [3.05, 3.63) is 35.4 Å². The molecule has 0 aliphatic carbocycles. The second kappa shape index (κ2) is 7.25. The maximum Gasteiger partial charge on any atom is 0.227 e. The lowest BCUT2D eigenvalue weighted by molar-refractivity contribution is -0.139. The fourth-order valence-corrected chi connectivity index (χ4v) is 3.38. The van der Waals surface area contributed by atoms with E-state index in [0.717, 1.165) is 31.7 Å². The molecule has 4 nitrogen and oxygen atoms in total. The monoisotopic (exact) mass is 302 g/mol. The summed E-state index contributed by atoms with van der Waals surface area (Å²) in [7, 11) is 0. The van der Waals surface area contributed by atoms with E-state index in [0.29, 0.717) is 19.6 Å². The summed E-state index contributed by atoms with van der Waals surface area (Å²) in [5, 5.41) is 0. The molecule has 2 fully saturated rings. The first kappa shape index (κ1) is 15.5. The molecule has 0 spiro atoms. The highest BCUT2D eigenvalue weighted by molar-refractivity contribution is 5.79. The van der Waals surface area contributed by atoms with E-state index in [1.54, 1.807) is 0 Å². The lowest BCUT2D eigenvalue weighted by atomic mass is 10.1. The van der Waals surface area contributed by atoms with Gasteiger partial charge in [-0.1, -0.05) is 29.8 Å². The van der Waals surface area contributed by atoms with E-state index in [1.807, 2.05) is 4.90 Å². The number of amides is 1. The summed E-state index contributed by atoms with van der Waals surface area (Å²) >= 11 is 0. The summed E-state index contributed by atoms with van der Waals surface area (Å²) in [5.74, 6) is 0.233. The van der Waals surface area contributed by atoms with Crippen LogP contribution < -0.4 is 0 Å². The van der Waals surface area contributed by atoms with Crippen LogP contribution in [0.3, 0.4) is 0 Å². The Morgan fingerprint density at radius 3 is 2.64 bits per heavy atom. The molecular weight excluding hydrogens is 276 g/mol. The van der Waals surface area contributed by atoms with Crippen molar-refractivity contribution in [3.63, 3.8) is 0 Å². The third-order valence-corrected chi connectivity index (χ3v) is 4.69. The number of carbonyl (C=O) groups is 1. The van der Waals surface area contributed by atoms with Crippen molar-refractivity contribution in [2.24, 2.45) is 0 Å². The van der Waals surface area contributed by atoms with Gasteiger partial charge in [-0.25, -0.2) is 0 Å². The molecule has 2 aliphatic heterocycles. The van der Waals surface area contributed by atoms with Gasteiger partial charge >= 0.3 is 0 Å². The largest absolute Gasteiger partial charge is 0.377 e. The molecule has 0 radical (unpaired) electrons. The fourth-order valence-electron chi connectivity index (χ4n) is 3.38. The zero-order valence-corrected chi connectivity index (χ0v) is 13.5. The molecule has 2 heterocycles. The SMILES string of the molecule is Cc1ccc(CC(=O)N2CCOCC2CN2CCCC2)cc1. The zero-order chi connectivity index (χ0) is 15.4. The van der Waals surface area contributed by atoms with E-state index in [2.05, 4.69) is 36.1 Å². The number of aryl methyl sites for hydroxylation is 1. The normalized spacial score (nSPS) is 23.0. The molecular formula is C18H26N2O2. The van der Waals surface area contributed by atoms with E-state index in [9.17, 15) is 4.79 Å². The average molecular weight is 302 g/mol. The van der Waals surface area contributed by atoms with Crippen molar-refractivity contribution in [1.29, 1.82) is 0 Å². The number of morpholine rings is 1. The van der Waals surface area contributed by atoms with Gasteiger partial charge in [-0.2, -0.15) is 0 Å². The number of likely N-dealkylation sites (tertiary alicyclic amines) is 1. The van der Waals surface area contributed by atoms with Gasteiger partial charge in [0, 0.05) is 13.1 Å². The molecule has 2 saturated heterocycles. The van der Waals surface area contributed by atoms with Crippen molar-refractivity contribution < 1.29 is 9.53 Å². The van der Waals surface area contributed by atoms with Gasteiger partial charge in [0.25, 0.3) is 0 Å². The molecule has 1 aromatic rings. The average Bonchev–Trinajstić information content (AvgIpc) is 3.03. The predicted molar refractivity (Wildman–Crippen MR) is 86.9 cm³/mol. The van der Waals surface area contributed by atoms with Crippen LogP contribution in [0.25, 0.3) is 0 Å². The molecule has 1 amide bonds. The minimum Gasteiger partial charge on any atom is -0.377 e. The van der Waals surface area contributed by atoms with Crippen molar-refractivity contribution in [1.82, 2.24) is 9.80 Å². The van der Waals surface area contributed by atoms with E-state index in [4.69, 9.17) is 4.74 Å². The van der Waals surface area contributed by atoms with Gasteiger partial charge in [-0.05, 0) is 38.4 Å². The molecule has 2 aliphatic rings. The summed E-state index contributed by atoms with van der Waals surface area (Å²) in [6, 6.07) is 8.48. The highest BCUT2D eigenvalue weighted by atomic mass is 16.5. The molecule has 1 unspecified atom stereocenters. The van der Waals surface area contributed by atoms with E-state index < -0.39 is 0 Å². The first-order chi connectivity index (χ1) is 10.7. The molecule has 1 atom stereocenters. The smallest absolute Gasteiger partial charge is 0.227 e. The van der Waals surface area contributed by atoms with Crippen molar-refractivity contribution >= 4 is 5.91 Å². The molecule has 4 heteroatoms. The van der Waals surface area contributed by atoms with Crippen molar-refractivity contribution in [3.8, 4) is 0 Å². The van der Waals surface area contributed by atoms with Crippen LogP contribution in [-0.4, -0.2) is 61.1 Å². The van der Waals surface area contributed by atoms with Gasteiger partial charge in [0.2, 0.25) is 5.91 Å². The Labute approximate surface area is 133 Å². The number of carbonyl (C=O) groups excluding carboxylic acids is 1. The number of nitrogens with zero attached hydrogens (tertiary/aromatic N) is 2. The first-order valence-electron chi connectivity index (χ1n) is 8.37. The predicted octanol–water partition coefficient (Wildman–Crippen LogP) is 1.86. The Kier molecular flexibility index (Phi) is 5.11. The zero-order valence-electron chi connectivity index (χ0n) is 13.5. The third kappa shape index (κ3) is 3.87. The highest BCUT2D eigenvalue weighted by Crippen LogP contribution is 2.15. The van der Waals surface area contributed by atoms with E-state index in [1.165, 1.54) is 18.4 Å². The van der Waals surface area contributed by atoms with Crippen LogP contribution in [-0.2, 0) is 16.0 Å². The lowest BCUT2D eigenvalue weighted by Gasteiger charge is -2.37. The Hall–Kier alpha value is -1.39. The molecule has 0 bridgehead atoms. The molecule has 0 aromatic heterocycles. The summed E-state index contributed by atoms with van der Waals surface area (Å²) in [6.07, 6.45) is 3.06. The second-order valence-corrected chi connectivity index (χ2v) is 6.49. The topological polar surface area (TPSA) is 32.8 Å². The van der Waals surface area contributed by atoms with Crippen LogP contribution in [0.4, 0.5) is 0 Å². The van der Waals surface area contributed by atoms with Gasteiger partial charge in [0.1, 0.15) is 0 Å². The maximum atomic E-state index is 12.7. The number of hydrogen-bond acceptors (Lipinski definition) is 3. The van der Waals surface area contributed by atoms with Crippen molar-refractivity contribution in [2.75, 3.05) is 39.4 Å². The van der Waals surface area contributed by atoms with Crippen molar-refractivity contribution in [2.45, 2.75) is 32.2 Å². The van der Waals surface area contributed by atoms with Crippen LogP contribution >= 0.6 is 0 Å². The minimum absolute atomic E-state index is 0.213. The number of benzene rings is 1. The fraction of sp³-hybridized carbons (Fsp3) is 0.611. The molecule has 1 aromatic carbocycles. The van der Waals surface area contributed by atoms with E-state index in [-0.39, 0.29) is 11.9 Å². The molecule has 3 rings (SSSR count). The standard InChI is InChI=1S/C18H26N2O2/c1-15-4-6-16(7-5-15)12-18(21)20-10-11-22-14-17(20)13-19-8-2-3-9-19/h4-7,17H,2-3,8-14H2,1H3. The lowest BCUT2D eigenvalue weighted by Crippen LogP contribution is -2.53.